The van der Waals surface area contributed by atoms with Crippen LogP contribution in [0, 0.1) is 5.41 Å². The van der Waals surface area contributed by atoms with Crippen molar-refractivity contribution in [1.82, 2.24) is 9.88 Å². The standard InChI is InChI=1S/C26H25N3O4/c1-14(31)29-9-8-25-12-19-17(23(27)16-4-2-3-5-18(16)28-19)11-26(25,13-30)21(29)10-15-6-7-20(32)24(33)22(15)25/h2-7,13,21,32-33H,8-12H2,1H3,(H2,27,28)/t21-,25-,26-/m1/s1. The zero-order chi connectivity index (χ0) is 23.1. The van der Waals surface area contributed by atoms with Crippen LogP contribution in [0.15, 0.2) is 36.4 Å². The van der Waals surface area contributed by atoms with Gasteiger partial charge in [-0.25, -0.2) is 0 Å². The lowest BCUT2D eigenvalue weighted by Gasteiger charge is -2.63. The molecule has 7 nitrogen and oxygen atoms in total. The third-order valence-electron chi connectivity index (χ3n) is 8.45. The number of phenolic OH excluding ortho intramolecular Hbond substituents is 2. The molecular weight excluding hydrogens is 418 g/mol. The molecule has 1 fully saturated rings. The Morgan fingerprint density at radius 2 is 2.00 bits per heavy atom. The van der Waals surface area contributed by atoms with E-state index < -0.39 is 10.8 Å². The number of benzene rings is 2. The Balaban J connectivity index is 1.70. The van der Waals surface area contributed by atoms with Crippen molar-refractivity contribution >= 4 is 28.8 Å². The van der Waals surface area contributed by atoms with E-state index in [1.54, 1.807) is 11.0 Å². The van der Waals surface area contributed by atoms with Crippen molar-refractivity contribution in [3.8, 4) is 11.5 Å². The quantitative estimate of drug-likeness (QED) is 0.393. The highest BCUT2D eigenvalue weighted by Gasteiger charge is 2.66. The molecule has 4 N–H and O–H groups in total. The monoisotopic (exact) mass is 443 g/mol. The van der Waals surface area contributed by atoms with E-state index in [2.05, 4.69) is 0 Å². The number of hydrogen-bond acceptors (Lipinski definition) is 6. The Morgan fingerprint density at radius 1 is 1.21 bits per heavy atom. The maximum Gasteiger partial charge on any atom is 0.219 e. The molecule has 3 aliphatic rings. The van der Waals surface area contributed by atoms with Crippen LogP contribution in [-0.4, -0.2) is 44.9 Å². The number of hydrogen-bond donors (Lipinski definition) is 3. The molecule has 1 aliphatic heterocycles. The van der Waals surface area contributed by atoms with Gasteiger partial charge >= 0.3 is 0 Å². The molecule has 1 saturated heterocycles. The Hall–Kier alpha value is -3.61. The average molecular weight is 444 g/mol. The number of carbonyl (C=O) groups excluding carboxylic acids is 2. The number of aromatic nitrogens is 1. The summed E-state index contributed by atoms with van der Waals surface area (Å²) in [5, 5.41) is 22.3. The summed E-state index contributed by atoms with van der Waals surface area (Å²) in [5.74, 6) is -0.450. The van der Waals surface area contributed by atoms with Gasteiger partial charge in [0.15, 0.2) is 11.5 Å². The normalized spacial score (nSPS) is 27.4. The molecule has 7 heteroatoms. The summed E-state index contributed by atoms with van der Waals surface area (Å²) in [6.45, 7) is 2.01. The second-order valence-electron chi connectivity index (χ2n) is 9.71. The smallest absolute Gasteiger partial charge is 0.219 e. The molecule has 0 radical (unpaired) electrons. The largest absolute Gasteiger partial charge is 0.504 e. The predicted octanol–water partition coefficient (Wildman–Crippen LogP) is 2.63. The van der Waals surface area contributed by atoms with Gasteiger partial charge in [-0.1, -0.05) is 24.3 Å². The molecule has 2 aromatic carbocycles. The summed E-state index contributed by atoms with van der Waals surface area (Å²) in [5.41, 5.74) is 9.40. The van der Waals surface area contributed by atoms with Crippen LogP contribution in [0.3, 0.4) is 0 Å². The van der Waals surface area contributed by atoms with E-state index in [-0.39, 0.29) is 23.4 Å². The second-order valence-corrected chi connectivity index (χ2v) is 9.71. The Labute approximate surface area is 190 Å². The van der Waals surface area contributed by atoms with E-state index in [4.69, 9.17) is 10.7 Å². The number of aromatic hydroxyl groups is 2. The van der Waals surface area contributed by atoms with Crippen molar-refractivity contribution < 1.29 is 19.8 Å². The molecule has 1 amide bonds. The summed E-state index contributed by atoms with van der Waals surface area (Å²) in [6.07, 6.45) is 2.64. The molecule has 3 aromatic rings. The number of nitrogens with two attached hydrogens (primary N) is 1. The fourth-order valence-electron chi connectivity index (χ4n) is 6.97. The van der Waals surface area contributed by atoms with Crippen LogP contribution in [0.2, 0.25) is 0 Å². The summed E-state index contributed by atoms with van der Waals surface area (Å²) in [6, 6.07) is 10.6. The van der Waals surface area contributed by atoms with Crippen molar-refractivity contribution in [2.45, 2.75) is 44.1 Å². The van der Waals surface area contributed by atoms with Crippen LogP contribution in [0.4, 0.5) is 5.69 Å². The Kier molecular flexibility index (Phi) is 3.92. The number of fused-ring (bicyclic) bond motifs is 3. The van der Waals surface area contributed by atoms with Gasteiger partial charge < -0.3 is 25.6 Å². The number of phenols is 2. The average Bonchev–Trinajstić information content (AvgIpc) is 2.80. The van der Waals surface area contributed by atoms with E-state index in [1.165, 1.54) is 13.0 Å². The van der Waals surface area contributed by atoms with Gasteiger partial charge in [-0.15, -0.1) is 0 Å². The lowest BCUT2D eigenvalue weighted by atomic mass is 9.44. The van der Waals surface area contributed by atoms with Gasteiger partial charge in [-0.3, -0.25) is 9.78 Å². The number of amides is 1. The van der Waals surface area contributed by atoms with Gasteiger partial charge in [0.2, 0.25) is 5.91 Å². The van der Waals surface area contributed by atoms with Crippen molar-refractivity contribution in [2.24, 2.45) is 5.41 Å². The highest BCUT2D eigenvalue weighted by Crippen LogP contribution is 2.63. The molecule has 6 rings (SSSR count). The van der Waals surface area contributed by atoms with Crippen LogP contribution in [0.1, 0.15) is 35.7 Å². The van der Waals surface area contributed by atoms with Crippen molar-refractivity contribution in [2.75, 3.05) is 12.3 Å². The topological polar surface area (TPSA) is 117 Å². The van der Waals surface area contributed by atoms with Crippen LogP contribution in [0.25, 0.3) is 10.9 Å². The highest BCUT2D eigenvalue weighted by molar-refractivity contribution is 5.93. The van der Waals surface area contributed by atoms with Gasteiger partial charge in [0.05, 0.1) is 10.9 Å². The Bertz CT molecular complexity index is 1370. The molecule has 0 saturated carbocycles. The van der Waals surface area contributed by atoms with Gasteiger partial charge in [0.25, 0.3) is 0 Å². The number of anilines is 1. The fourth-order valence-corrected chi connectivity index (χ4v) is 6.97. The number of rotatable bonds is 1. The lowest BCUT2D eigenvalue weighted by Crippen LogP contribution is -2.71. The molecule has 3 atom stereocenters. The molecule has 0 spiro atoms. The van der Waals surface area contributed by atoms with E-state index in [0.29, 0.717) is 43.5 Å². The van der Waals surface area contributed by atoms with Crippen LogP contribution in [-0.2, 0) is 34.3 Å². The van der Waals surface area contributed by atoms with E-state index in [9.17, 15) is 19.8 Å². The molecule has 168 valence electrons. The first-order chi connectivity index (χ1) is 15.8. The molecule has 2 heterocycles. The summed E-state index contributed by atoms with van der Waals surface area (Å²) in [4.78, 5) is 32.5. The first-order valence-electron chi connectivity index (χ1n) is 11.3. The van der Waals surface area contributed by atoms with Crippen LogP contribution < -0.4 is 5.73 Å². The number of nitrogen functional groups attached to an aromatic ring is 1. The third kappa shape index (κ3) is 2.32. The van der Waals surface area contributed by atoms with Gasteiger partial charge in [0.1, 0.15) is 6.29 Å². The number of likely N-dealkylation sites (tertiary alicyclic amines) is 1. The first-order valence-corrected chi connectivity index (χ1v) is 11.3. The maximum absolute atomic E-state index is 13.1. The number of aldehydes is 1. The van der Waals surface area contributed by atoms with E-state index >= 15 is 0 Å². The first kappa shape index (κ1) is 20.0. The number of pyridine rings is 1. The van der Waals surface area contributed by atoms with Gasteiger partial charge in [0, 0.05) is 53.7 Å². The minimum absolute atomic E-state index is 0.0725. The highest BCUT2D eigenvalue weighted by atomic mass is 16.3. The fraction of sp³-hybridized carbons (Fsp3) is 0.346. The van der Waals surface area contributed by atoms with Crippen molar-refractivity contribution in [3.05, 3.63) is 58.8 Å². The molecule has 0 unspecified atom stereocenters. The summed E-state index contributed by atoms with van der Waals surface area (Å²) in [7, 11) is 0. The van der Waals surface area contributed by atoms with E-state index in [1.807, 2.05) is 24.3 Å². The summed E-state index contributed by atoms with van der Waals surface area (Å²) < 4.78 is 0. The molecule has 2 bridgehead atoms. The van der Waals surface area contributed by atoms with Gasteiger partial charge in [-0.2, -0.15) is 0 Å². The molecular formula is C26H25N3O4. The lowest BCUT2D eigenvalue weighted by molar-refractivity contribution is -0.150. The number of para-hydroxylation sites is 1. The van der Waals surface area contributed by atoms with E-state index in [0.717, 1.165) is 34.0 Å². The zero-order valence-electron chi connectivity index (χ0n) is 18.3. The number of nitrogens with zero attached hydrogens (tertiary/aromatic N) is 2. The number of carbonyl (C=O) groups is 2. The van der Waals surface area contributed by atoms with Crippen molar-refractivity contribution in [3.63, 3.8) is 0 Å². The van der Waals surface area contributed by atoms with Crippen LogP contribution >= 0.6 is 0 Å². The molecule has 1 aromatic heterocycles. The predicted molar refractivity (Wildman–Crippen MR) is 123 cm³/mol. The SMILES string of the molecule is CC(=O)N1CC[C@]23Cc4nc5ccccc5c(N)c4C[C@@]2(C=O)[C@H]1Cc1ccc(O)c(O)c13. The van der Waals surface area contributed by atoms with Crippen molar-refractivity contribution in [1.29, 1.82) is 0 Å². The maximum atomic E-state index is 13.1. The summed E-state index contributed by atoms with van der Waals surface area (Å²) >= 11 is 0. The molecule has 2 aliphatic carbocycles. The minimum Gasteiger partial charge on any atom is -0.504 e. The Morgan fingerprint density at radius 3 is 2.76 bits per heavy atom. The number of piperidine rings is 1. The third-order valence-corrected chi connectivity index (χ3v) is 8.45. The van der Waals surface area contributed by atoms with Crippen LogP contribution in [0.5, 0.6) is 11.5 Å². The second kappa shape index (κ2) is 6.47. The van der Waals surface area contributed by atoms with Gasteiger partial charge in [-0.05, 0) is 42.5 Å². The zero-order valence-corrected chi connectivity index (χ0v) is 18.3. The minimum atomic E-state index is -0.986. The molecule has 33 heavy (non-hydrogen) atoms.